The summed E-state index contributed by atoms with van der Waals surface area (Å²) in [6, 6.07) is 8.00. The van der Waals surface area contributed by atoms with Crippen LogP contribution in [0.1, 0.15) is 18.1 Å². The molecule has 7 nitrogen and oxygen atoms in total. The molecular weight excluding hydrogens is 352 g/mol. The summed E-state index contributed by atoms with van der Waals surface area (Å²) in [5, 5.41) is 8.03. The van der Waals surface area contributed by atoms with Gasteiger partial charge in [0.25, 0.3) is 0 Å². The number of para-hydroxylation sites is 1. The fraction of sp³-hybridized carbons (Fsp3) is 0.500. The number of anilines is 1. The van der Waals surface area contributed by atoms with Crippen molar-refractivity contribution in [3.8, 4) is 0 Å². The van der Waals surface area contributed by atoms with Gasteiger partial charge in [0, 0.05) is 46.2 Å². The number of nitrogens with zero attached hydrogens (tertiary/aromatic N) is 5. The largest absolute Gasteiger partial charge is 0.367 e. The molecule has 0 atom stereocenters. The molecular formula is C18H25ClN6O. The molecule has 0 aliphatic carbocycles. The van der Waals surface area contributed by atoms with E-state index in [1.807, 2.05) is 32.2 Å². The summed E-state index contributed by atoms with van der Waals surface area (Å²) in [6.45, 7) is 6.31. The number of aromatic nitrogens is 2. The Morgan fingerprint density at radius 1 is 1.27 bits per heavy atom. The van der Waals surface area contributed by atoms with Crippen LogP contribution in [0.25, 0.3) is 0 Å². The Balaban J connectivity index is 1.44. The number of aryl methyl sites for hydroxylation is 2. The molecule has 0 bridgehead atoms. The van der Waals surface area contributed by atoms with Crippen LogP contribution in [0.3, 0.4) is 0 Å². The topological polar surface area (TPSA) is 69.8 Å². The third-order valence-electron chi connectivity index (χ3n) is 4.40. The lowest BCUT2D eigenvalue weighted by Crippen LogP contribution is -2.52. The molecule has 1 saturated heterocycles. The maximum absolute atomic E-state index is 6.31. The van der Waals surface area contributed by atoms with Gasteiger partial charge in [-0.1, -0.05) is 28.9 Å². The molecule has 1 fully saturated rings. The van der Waals surface area contributed by atoms with Gasteiger partial charge in [0.2, 0.25) is 5.89 Å². The molecule has 0 radical (unpaired) electrons. The van der Waals surface area contributed by atoms with Crippen molar-refractivity contribution in [1.82, 2.24) is 20.4 Å². The first-order chi connectivity index (χ1) is 12.7. The fourth-order valence-corrected chi connectivity index (χ4v) is 3.34. The van der Waals surface area contributed by atoms with Crippen molar-refractivity contribution in [2.45, 2.75) is 19.8 Å². The second kappa shape index (κ2) is 8.89. The number of rotatable bonds is 5. The number of piperazine rings is 1. The zero-order chi connectivity index (χ0) is 18.4. The van der Waals surface area contributed by atoms with Gasteiger partial charge in [0.15, 0.2) is 11.8 Å². The van der Waals surface area contributed by atoms with E-state index in [0.29, 0.717) is 11.7 Å². The molecule has 0 unspecified atom stereocenters. The average molecular weight is 377 g/mol. The maximum Gasteiger partial charge on any atom is 0.226 e. The highest BCUT2D eigenvalue weighted by atomic mass is 35.5. The molecule has 1 aromatic carbocycles. The van der Waals surface area contributed by atoms with E-state index >= 15 is 0 Å². The van der Waals surface area contributed by atoms with Gasteiger partial charge in [-0.25, -0.2) is 0 Å². The zero-order valence-corrected chi connectivity index (χ0v) is 16.0. The Kier molecular flexibility index (Phi) is 6.33. The van der Waals surface area contributed by atoms with Crippen LogP contribution >= 0.6 is 11.6 Å². The molecule has 3 rings (SSSR count). The molecule has 1 aromatic heterocycles. The van der Waals surface area contributed by atoms with Crippen molar-refractivity contribution in [3.05, 3.63) is 41.0 Å². The Morgan fingerprint density at radius 3 is 2.69 bits per heavy atom. The highest BCUT2D eigenvalue weighted by Gasteiger charge is 2.20. The minimum atomic E-state index is 0.681. The molecule has 1 aliphatic heterocycles. The van der Waals surface area contributed by atoms with E-state index in [1.165, 1.54) is 0 Å². The van der Waals surface area contributed by atoms with Crippen molar-refractivity contribution in [1.29, 1.82) is 0 Å². The Labute approximate surface area is 159 Å². The fourth-order valence-electron chi connectivity index (χ4n) is 3.08. The number of benzene rings is 1. The molecule has 8 heteroatoms. The number of halogens is 1. The van der Waals surface area contributed by atoms with Crippen molar-refractivity contribution < 1.29 is 4.52 Å². The summed E-state index contributed by atoms with van der Waals surface area (Å²) >= 11 is 6.31. The second-order valence-corrected chi connectivity index (χ2v) is 6.65. The Bertz CT molecular complexity index is 739. The summed E-state index contributed by atoms with van der Waals surface area (Å²) in [4.78, 5) is 13.2. The zero-order valence-electron chi connectivity index (χ0n) is 15.3. The highest BCUT2D eigenvalue weighted by Crippen LogP contribution is 2.25. The van der Waals surface area contributed by atoms with Crippen LogP contribution in [0.4, 0.5) is 5.69 Å². The normalized spacial score (nSPS) is 15.4. The smallest absolute Gasteiger partial charge is 0.226 e. The summed E-state index contributed by atoms with van der Waals surface area (Å²) in [5.41, 5.74) is 1.10. The minimum absolute atomic E-state index is 0.681. The third kappa shape index (κ3) is 4.66. The van der Waals surface area contributed by atoms with Crippen molar-refractivity contribution in [3.63, 3.8) is 0 Å². The van der Waals surface area contributed by atoms with Crippen molar-refractivity contribution in [2.24, 2.45) is 4.99 Å². The van der Waals surface area contributed by atoms with Crippen LogP contribution in [0, 0.1) is 6.92 Å². The lowest BCUT2D eigenvalue weighted by Gasteiger charge is -2.38. The van der Waals surface area contributed by atoms with Gasteiger partial charge < -0.3 is 19.6 Å². The molecule has 2 aromatic rings. The molecule has 1 aliphatic rings. The minimum Gasteiger partial charge on any atom is -0.367 e. The quantitative estimate of drug-likeness (QED) is 0.491. The summed E-state index contributed by atoms with van der Waals surface area (Å²) in [7, 11) is 1.82. The summed E-state index contributed by atoms with van der Waals surface area (Å²) in [5.74, 6) is 2.30. The Hall–Kier alpha value is -2.28. The van der Waals surface area contributed by atoms with E-state index in [1.54, 1.807) is 0 Å². The van der Waals surface area contributed by atoms with Gasteiger partial charge in [-0.3, -0.25) is 4.99 Å². The van der Waals surface area contributed by atoms with Gasteiger partial charge in [0.05, 0.1) is 10.7 Å². The van der Waals surface area contributed by atoms with Gasteiger partial charge in [-0.05, 0) is 25.5 Å². The predicted octanol–water partition coefficient (Wildman–Crippen LogP) is 2.36. The first kappa shape index (κ1) is 18.5. The van der Waals surface area contributed by atoms with E-state index in [0.717, 1.165) is 62.2 Å². The summed E-state index contributed by atoms with van der Waals surface area (Å²) in [6.07, 6.45) is 1.69. The van der Waals surface area contributed by atoms with Crippen LogP contribution in [0.15, 0.2) is 33.8 Å². The first-order valence-corrected chi connectivity index (χ1v) is 9.29. The van der Waals surface area contributed by atoms with Crippen LogP contribution in [-0.2, 0) is 6.42 Å². The van der Waals surface area contributed by atoms with Crippen LogP contribution in [-0.4, -0.2) is 60.8 Å². The lowest BCUT2D eigenvalue weighted by molar-refractivity contribution is 0.365. The van der Waals surface area contributed by atoms with Crippen LogP contribution in [0.5, 0.6) is 0 Å². The predicted molar refractivity (Wildman–Crippen MR) is 104 cm³/mol. The number of nitrogens with one attached hydrogen (secondary N) is 1. The summed E-state index contributed by atoms with van der Waals surface area (Å²) < 4.78 is 5.13. The maximum atomic E-state index is 6.31. The average Bonchev–Trinajstić information content (AvgIpc) is 3.08. The first-order valence-electron chi connectivity index (χ1n) is 8.91. The SMILES string of the molecule is CN=C(NCCCc1nc(C)no1)N1CCN(c2ccccc2Cl)CC1. The van der Waals surface area contributed by atoms with Gasteiger partial charge in [-0.2, -0.15) is 4.98 Å². The van der Waals surface area contributed by atoms with Crippen molar-refractivity contribution >= 4 is 23.2 Å². The molecule has 26 heavy (non-hydrogen) atoms. The number of hydrogen-bond acceptors (Lipinski definition) is 5. The second-order valence-electron chi connectivity index (χ2n) is 6.24. The van der Waals surface area contributed by atoms with E-state index in [4.69, 9.17) is 16.1 Å². The molecule has 2 heterocycles. The standard InChI is InChI=1S/C18H25ClN6O/c1-14-22-17(26-23-14)8-5-9-21-18(20-2)25-12-10-24(11-13-25)16-7-4-3-6-15(16)19/h3-4,6-7H,5,8-13H2,1-2H3,(H,20,21). The monoisotopic (exact) mass is 376 g/mol. The van der Waals surface area contributed by atoms with Gasteiger partial charge in [0.1, 0.15) is 0 Å². The van der Waals surface area contributed by atoms with E-state index in [9.17, 15) is 0 Å². The Morgan fingerprint density at radius 2 is 2.04 bits per heavy atom. The van der Waals surface area contributed by atoms with Crippen molar-refractivity contribution in [2.75, 3.05) is 44.7 Å². The van der Waals surface area contributed by atoms with Gasteiger partial charge in [-0.15, -0.1) is 0 Å². The van der Waals surface area contributed by atoms with Crippen LogP contribution in [0.2, 0.25) is 5.02 Å². The van der Waals surface area contributed by atoms with E-state index in [2.05, 4.69) is 36.3 Å². The molecule has 0 saturated carbocycles. The van der Waals surface area contributed by atoms with E-state index < -0.39 is 0 Å². The highest BCUT2D eigenvalue weighted by molar-refractivity contribution is 6.33. The number of guanidine groups is 1. The molecule has 1 N–H and O–H groups in total. The molecule has 0 amide bonds. The molecule has 0 spiro atoms. The van der Waals surface area contributed by atoms with E-state index in [-0.39, 0.29) is 0 Å². The third-order valence-corrected chi connectivity index (χ3v) is 4.72. The molecule has 140 valence electrons. The number of aliphatic imine (C=N–C) groups is 1. The van der Waals surface area contributed by atoms with Crippen LogP contribution < -0.4 is 10.2 Å². The number of hydrogen-bond donors (Lipinski definition) is 1. The van der Waals surface area contributed by atoms with Gasteiger partial charge >= 0.3 is 0 Å². The lowest BCUT2D eigenvalue weighted by atomic mass is 10.2.